The highest BCUT2D eigenvalue weighted by atomic mass is 79.9. The molecule has 4 aromatic rings. The van der Waals surface area contributed by atoms with Gasteiger partial charge in [-0.2, -0.15) is 9.61 Å². The van der Waals surface area contributed by atoms with Crippen LogP contribution >= 0.6 is 15.9 Å². The summed E-state index contributed by atoms with van der Waals surface area (Å²) < 4.78 is 30.4. The van der Waals surface area contributed by atoms with Gasteiger partial charge in [0.1, 0.15) is 5.82 Å². The minimum atomic E-state index is -3.71. The second-order valence-corrected chi connectivity index (χ2v) is 10.6. The molecular formula is C24H27BrN6O4S. The molecule has 2 aromatic heterocycles. The van der Waals surface area contributed by atoms with Gasteiger partial charge in [0.05, 0.1) is 34.5 Å². The third-order valence-corrected chi connectivity index (χ3v) is 7.52. The van der Waals surface area contributed by atoms with E-state index in [2.05, 4.69) is 31.1 Å². The van der Waals surface area contributed by atoms with E-state index in [1.54, 1.807) is 27.7 Å². The number of aromatic nitrogens is 3. The maximum absolute atomic E-state index is 12.7. The number of benzene rings is 2. The molecule has 0 spiro atoms. The van der Waals surface area contributed by atoms with Crippen molar-refractivity contribution in [2.75, 3.05) is 44.7 Å². The zero-order valence-electron chi connectivity index (χ0n) is 19.4. The highest BCUT2D eigenvalue weighted by Crippen LogP contribution is 2.28. The molecule has 2 aromatic carbocycles. The molecule has 2 heterocycles. The van der Waals surface area contributed by atoms with Crippen molar-refractivity contribution in [3.8, 4) is 11.3 Å². The largest absolute Gasteiger partial charge is 0.395 e. The van der Waals surface area contributed by atoms with E-state index in [1.165, 1.54) is 12.1 Å². The number of nitrogens with zero attached hydrogens (tertiary/aromatic N) is 4. The van der Waals surface area contributed by atoms with E-state index in [9.17, 15) is 8.42 Å². The zero-order valence-corrected chi connectivity index (χ0v) is 21.8. The van der Waals surface area contributed by atoms with Gasteiger partial charge in [-0.1, -0.05) is 30.3 Å². The molecule has 12 heteroatoms. The van der Waals surface area contributed by atoms with Gasteiger partial charge in [-0.3, -0.25) is 4.90 Å². The molecule has 0 saturated heterocycles. The molecule has 0 aliphatic rings. The number of aliphatic hydroxyl groups is 2. The average molecular weight is 575 g/mol. The molecule has 190 valence electrons. The number of anilines is 2. The molecule has 0 radical (unpaired) electrons. The lowest BCUT2D eigenvalue weighted by atomic mass is 10.1. The van der Waals surface area contributed by atoms with Crippen molar-refractivity contribution in [2.24, 2.45) is 0 Å². The third-order valence-electron chi connectivity index (χ3n) is 5.49. The molecule has 4 N–H and O–H groups in total. The first kappa shape index (κ1) is 26.2. The van der Waals surface area contributed by atoms with Gasteiger partial charge in [-0.25, -0.2) is 18.1 Å². The van der Waals surface area contributed by atoms with Crippen LogP contribution in [0.5, 0.6) is 0 Å². The van der Waals surface area contributed by atoms with Crippen molar-refractivity contribution >= 4 is 43.1 Å². The first-order valence-corrected chi connectivity index (χ1v) is 13.6. The molecule has 0 aliphatic heterocycles. The Morgan fingerprint density at radius 3 is 2.33 bits per heavy atom. The predicted molar refractivity (Wildman–Crippen MR) is 142 cm³/mol. The Kier molecular flexibility index (Phi) is 8.67. The van der Waals surface area contributed by atoms with Crippen LogP contribution in [0.15, 0.2) is 76.2 Å². The smallest absolute Gasteiger partial charge is 0.240 e. The van der Waals surface area contributed by atoms with E-state index in [4.69, 9.17) is 15.2 Å². The normalized spacial score (nSPS) is 11.9. The topological polar surface area (TPSA) is 132 Å². The molecular weight excluding hydrogens is 548 g/mol. The Labute approximate surface area is 217 Å². The van der Waals surface area contributed by atoms with Gasteiger partial charge in [-0.05, 0) is 40.2 Å². The summed E-state index contributed by atoms with van der Waals surface area (Å²) in [6.45, 7) is 1.14. The van der Waals surface area contributed by atoms with Crippen molar-refractivity contribution in [3.63, 3.8) is 0 Å². The Balaban J connectivity index is 1.50. The van der Waals surface area contributed by atoms with Gasteiger partial charge in [0, 0.05) is 43.5 Å². The van der Waals surface area contributed by atoms with Crippen LogP contribution in [0.4, 0.5) is 11.5 Å². The maximum Gasteiger partial charge on any atom is 0.240 e. The first-order chi connectivity index (χ1) is 17.4. The molecule has 4 rings (SSSR count). The lowest BCUT2D eigenvalue weighted by Crippen LogP contribution is -2.37. The Bertz CT molecular complexity index is 1390. The highest BCUT2D eigenvalue weighted by molar-refractivity contribution is 9.10. The lowest BCUT2D eigenvalue weighted by Gasteiger charge is -2.20. The molecule has 10 nitrogen and oxygen atoms in total. The summed E-state index contributed by atoms with van der Waals surface area (Å²) in [7, 11) is -3.71. The van der Waals surface area contributed by atoms with Crippen molar-refractivity contribution < 1.29 is 18.6 Å². The summed E-state index contributed by atoms with van der Waals surface area (Å²) in [6.07, 6.45) is 1.67. The van der Waals surface area contributed by atoms with E-state index in [0.717, 1.165) is 15.7 Å². The van der Waals surface area contributed by atoms with Crippen molar-refractivity contribution in [1.29, 1.82) is 0 Å². The minimum absolute atomic E-state index is 0.0622. The van der Waals surface area contributed by atoms with E-state index in [-0.39, 0.29) is 24.7 Å². The fourth-order valence-corrected chi connectivity index (χ4v) is 5.06. The van der Waals surface area contributed by atoms with E-state index < -0.39 is 10.0 Å². The lowest BCUT2D eigenvalue weighted by molar-refractivity contribution is 0.163. The number of halogens is 1. The minimum Gasteiger partial charge on any atom is -0.395 e. The van der Waals surface area contributed by atoms with Gasteiger partial charge in [-0.15, -0.1) is 0 Å². The molecule has 0 saturated carbocycles. The van der Waals surface area contributed by atoms with Crippen LogP contribution in [0.2, 0.25) is 0 Å². The molecule has 0 bridgehead atoms. The van der Waals surface area contributed by atoms with Gasteiger partial charge in [0.2, 0.25) is 10.0 Å². The summed E-state index contributed by atoms with van der Waals surface area (Å²) in [5, 5.41) is 25.9. The van der Waals surface area contributed by atoms with E-state index in [0.29, 0.717) is 36.8 Å². The number of sulfonamides is 1. The van der Waals surface area contributed by atoms with Crippen LogP contribution in [0.1, 0.15) is 0 Å². The van der Waals surface area contributed by atoms with Gasteiger partial charge in [0.15, 0.2) is 5.65 Å². The first-order valence-electron chi connectivity index (χ1n) is 11.3. The van der Waals surface area contributed by atoms with Crippen molar-refractivity contribution in [1.82, 2.24) is 24.2 Å². The number of aliphatic hydroxyl groups excluding tert-OH is 2. The van der Waals surface area contributed by atoms with E-state index >= 15 is 0 Å². The molecule has 0 aliphatic carbocycles. The molecule has 0 unspecified atom stereocenters. The average Bonchev–Trinajstić information content (AvgIpc) is 3.26. The second-order valence-electron chi connectivity index (χ2n) is 7.96. The van der Waals surface area contributed by atoms with Crippen molar-refractivity contribution in [2.45, 2.75) is 4.90 Å². The van der Waals surface area contributed by atoms with Gasteiger partial charge < -0.3 is 15.5 Å². The summed E-state index contributed by atoms with van der Waals surface area (Å²) in [5.74, 6) is 0.672. The van der Waals surface area contributed by atoms with Crippen LogP contribution in [0, 0.1) is 0 Å². The quantitative estimate of drug-likeness (QED) is 0.203. The fourth-order valence-electron chi connectivity index (χ4n) is 3.69. The van der Waals surface area contributed by atoms with Gasteiger partial charge >= 0.3 is 0 Å². The second kappa shape index (κ2) is 11.9. The third kappa shape index (κ3) is 6.27. The summed E-state index contributed by atoms with van der Waals surface area (Å²) in [4.78, 5) is 6.63. The number of hydrogen-bond acceptors (Lipinski definition) is 8. The Morgan fingerprint density at radius 1 is 0.972 bits per heavy atom. The Hall–Kier alpha value is -2.87. The molecule has 36 heavy (non-hydrogen) atoms. The summed E-state index contributed by atoms with van der Waals surface area (Å²) in [5.41, 5.74) is 3.06. The van der Waals surface area contributed by atoms with E-state index in [1.807, 2.05) is 36.4 Å². The standard InChI is InChI=1S/C24H27BrN6O4S/c25-21-17-26-31-23(16-22(29-24(21)31)18-4-2-1-3-5-18)28-19-6-8-20(9-7-19)36(34,35)27-10-11-30(12-14-32)13-15-33/h1-9,16-17,27-28,32-33H,10-15H2. The summed E-state index contributed by atoms with van der Waals surface area (Å²) in [6, 6.07) is 18.1. The molecule has 0 amide bonds. The monoisotopic (exact) mass is 574 g/mol. The van der Waals surface area contributed by atoms with Crippen LogP contribution in [-0.2, 0) is 10.0 Å². The zero-order chi connectivity index (χ0) is 25.5. The highest BCUT2D eigenvalue weighted by Gasteiger charge is 2.15. The summed E-state index contributed by atoms with van der Waals surface area (Å²) >= 11 is 3.50. The molecule has 0 fully saturated rings. The van der Waals surface area contributed by atoms with Crippen LogP contribution in [-0.4, -0.2) is 77.5 Å². The molecule has 0 atom stereocenters. The van der Waals surface area contributed by atoms with Crippen LogP contribution < -0.4 is 10.0 Å². The van der Waals surface area contributed by atoms with Crippen LogP contribution in [0.25, 0.3) is 16.9 Å². The number of fused-ring (bicyclic) bond motifs is 1. The fraction of sp³-hybridized carbons (Fsp3) is 0.250. The Morgan fingerprint density at radius 2 is 1.67 bits per heavy atom. The van der Waals surface area contributed by atoms with Gasteiger partial charge in [0.25, 0.3) is 0 Å². The number of nitrogens with one attached hydrogen (secondary N) is 2. The predicted octanol–water partition coefficient (Wildman–Crippen LogP) is 2.47. The number of hydrogen-bond donors (Lipinski definition) is 4. The number of rotatable bonds is 12. The maximum atomic E-state index is 12.7. The SMILES string of the molecule is O=S(=O)(NCCN(CCO)CCO)c1ccc(Nc2cc(-c3ccccc3)nc3c(Br)cnn23)cc1. The van der Waals surface area contributed by atoms with Crippen LogP contribution in [0.3, 0.4) is 0 Å². The van der Waals surface area contributed by atoms with Crippen molar-refractivity contribution in [3.05, 3.63) is 71.3 Å².